The minimum atomic E-state index is -4.64. The number of hydrogen-bond donors (Lipinski definition) is 4. The van der Waals surface area contributed by atoms with E-state index in [1.54, 1.807) is 0 Å². The highest BCUT2D eigenvalue weighted by Crippen LogP contribution is 2.35. The molecule has 1 aromatic rings. The third kappa shape index (κ3) is 5.06. The van der Waals surface area contributed by atoms with Crippen LogP contribution in [-0.2, 0) is 19.6 Å². The summed E-state index contributed by atoms with van der Waals surface area (Å²) in [4.78, 5) is 44.8. The van der Waals surface area contributed by atoms with Crippen molar-refractivity contribution < 1.29 is 28.8 Å². The van der Waals surface area contributed by atoms with Crippen molar-refractivity contribution in [3.63, 3.8) is 0 Å². The fourth-order valence-electron chi connectivity index (χ4n) is 2.32. The fraction of sp³-hybridized carbons (Fsp3) is 0.385. The highest BCUT2D eigenvalue weighted by molar-refractivity contribution is 7.45. The SMILES string of the molecule is CCC1(c2ccccc2)CCC(=O)NC1=O.O=P(O)(O)O. The minimum Gasteiger partial charge on any atom is -0.303 e. The van der Waals surface area contributed by atoms with Gasteiger partial charge in [-0.2, -0.15) is 0 Å². The first-order valence-electron chi connectivity index (χ1n) is 6.37. The molecule has 2 rings (SSSR count). The van der Waals surface area contributed by atoms with E-state index in [9.17, 15) is 9.59 Å². The molecule has 1 saturated heterocycles. The Labute approximate surface area is 122 Å². The van der Waals surface area contributed by atoms with Gasteiger partial charge in [-0.05, 0) is 18.4 Å². The molecule has 1 heterocycles. The van der Waals surface area contributed by atoms with Gasteiger partial charge in [0.2, 0.25) is 11.8 Å². The van der Waals surface area contributed by atoms with E-state index in [1.165, 1.54) is 0 Å². The lowest BCUT2D eigenvalue weighted by molar-refractivity contribution is -0.138. The monoisotopic (exact) mass is 315 g/mol. The quantitative estimate of drug-likeness (QED) is 0.473. The Balaban J connectivity index is 0.000000383. The van der Waals surface area contributed by atoms with E-state index in [0.29, 0.717) is 12.8 Å². The summed E-state index contributed by atoms with van der Waals surface area (Å²) in [6, 6.07) is 9.70. The van der Waals surface area contributed by atoms with Crippen LogP contribution in [0.3, 0.4) is 0 Å². The predicted octanol–water partition coefficient (Wildman–Crippen LogP) is 0.842. The van der Waals surface area contributed by atoms with Crippen LogP contribution in [0.15, 0.2) is 30.3 Å². The van der Waals surface area contributed by atoms with Gasteiger partial charge in [-0.25, -0.2) is 4.57 Å². The Bertz CT molecular complexity index is 547. The molecule has 0 aliphatic carbocycles. The van der Waals surface area contributed by atoms with Crippen LogP contribution in [0, 0.1) is 0 Å². The minimum absolute atomic E-state index is 0.155. The number of hydrogen-bond acceptors (Lipinski definition) is 3. The van der Waals surface area contributed by atoms with Gasteiger partial charge in [-0.3, -0.25) is 14.9 Å². The van der Waals surface area contributed by atoms with Crippen molar-refractivity contribution in [2.75, 3.05) is 0 Å². The lowest BCUT2D eigenvalue weighted by Gasteiger charge is -2.34. The zero-order chi connectivity index (χ0) is 16.1. The molecule has 2 amide bonds. The summed E-state index contributed by atoms with van der Waals surface area (Å²) >= 11 is 0. The van der Waals surface area contributed by atoms with Crippen molar-refractivity contribution in [1.82, 2.24) is 5.32 Å². The molecule has 7 nitrogen and oxygen atoms in total. The van der Waals surface area contributed by atoms with Gasteiger partial charge in [0.25, 0.3) is 0 Å². The van der Waals surface area contributed by atoms with Gasteiger partial charge in [0.05, 0.1) is 5.41 Å². The summed E-state index contributed by atoms with van der Waals surface area (Å²) in [5, 5.41) is 2.44. The second-order valence-corrected chi connectivity index (χ2v) is 5.72. The lowest BCUT2D eigenvalue weighted by Crippen LogP contribution is -2.51. The molecule has 116 valence electrons. The molecule has 0 spiro atoms. The van der Waals surface area contributed by atoms with Crippen LogP contribution in [0.2, 0.25) is 0 Å². The molecule has 0 aromatic heterocycles. The first-order valence-corrected chi connectivity index (χ1v) is 7.93. The number of piperidine rings is 1. The summed E-state index contributed by atoms with van der Waals surface area (Å²) in [5.74, 6) is -0.317. The molecule has 1 atom stereocenters. The van der Waals surface area contributed by atoms with E-state index < -0.39 is 13.2 Å². The molecule has 1 aliphatic rings. The smallest absolute Gasteiger partial charge is 0.303 e. The zero-order valence-corrected chi connectivity index (χ0v) is 12.4. The van der Waals surface area contributed by atoms with Gasteiger partial charge in [-0.1, -0.05) is 37.3 Å². The third-order valence-electron chi connectivity index (χ3n) is 3.40. The van der Waals surface area contributed by atoms with Crippen molar-refractivity contribution >= 4 is 19.6 Å². The number of imide groups is 1. The van der Waals surface area contributed by atoms with Gasteiger partial charge < -0.3 is 14.7 Å². The average Bonchev–Trinajstić information content (AvgIpc) is 2.39. The summed E-state index contributed by atoms with van der Waals surface area (Å²) in [5.41, 5.74) is 0.484. The van der Waals surface area contributed by atoms with Gasteiger partial charge in [0.1, 0.15) is 0 Å². The maximum Gasteiger partial charge on any atom is 0.466 e. The van der Waals surface area contributed by atoms with Crippen LogP contribution >= 0.6 is 7.82 Å². The van der Waals surface area contributed by atoms with Crippen LogP contribution in [0.25, 0.3) is 0 Å². The van der Waals surface area contributed by atoms with Crippen molar-refractivity contribution in [1.29, 1.82) is 0 Å². The Kier molecular flexibility index (Phi) is 5.80. The molecule has 8 heteroatoms. The number of benzene rings is 1. The van der Waals surface area contributed by atoms with E-state index in [-0.39, 0.29) is 11.8 Å². The third-order valence-corrected chi connectivity index (χ3v) is 3.40. The van der Waals surface area contributed by atoms with E-state index in [1.807, 2.05) is 37.3 Å². The fourth-order valence-corrected chi connectivity index (χ4v) is 2.32. The Morgan fingerprint density at radius 2 is 1.71 bits per heavy atom. The molecule has 21 heavy (non-hydrogen) atoms. The van der Waals surface area contributed by atoms with Gasteiger partial charge in [0, 0.05) is 6.42 Å². The lowest BCUT2D eigenvalue weighted by atomic mass is 9.72. The second kappa shape index (κ2) is 6.95. The summed E-state index contributed by atoms with van der Waals surface area (Å²) in [6.07, 6.45) is 1.75. The van der Waals surface area contributed by atoms with Crippen LogP contribution in [0.1, 0.15) is 31.7 Å². The predicted molar refractivity (Wildman–Crippen MR) is 75.1 cm³/mol. The molecule has 1 aromatic carbocycles. The number of amides is 2. The number of nitrogens with one attached hydrogen (secondary N) is 1. The number of phosphoric acid groups is 1. The molecule has 0 radical (unpaired) electrons. The highest BCUT2D eigenvalue weighted by atomic mass is 31.2. The van der Waals surface area contributed by atoms with E-state index in [2.05, 4.69) is 5.32 Å². The molecule has 1 unspecified atom stereocenters. The molecule has 4 N–H and O–H groups in total. The average molecular weight is 315 g/mol. The van der Waals surface area contributed by atoms with Crippen LogP contribution < -0.4 is 5.32 Å². The van der Waals surface area contributed by atoms with Crippen molar-refractivity contribution in [3.05, 3.63) is 35.9 Å². The molecule has 0 bridgehead atoms. The number of carbonyl (C=O) groups is 2. The molecular weight excluding hydrogens is 297 g/mol. The standard InChI is InChI=1S/C13H15NO2.H3O4P/c1-2-13(10-6-4-3-5-7-10)9-8-11(15)14-12(13)16;1-5(2,3)4/h3-7H,2,8-9H2,1H3,(H,14,15,16);(H3,1,2,3,4). The van der Waals surface area contributed by atoms with Crippen molar-refractivity contribution in [2.24, 2.45) is 0 Å². The van der Waals surface area contributed by atoms with Gasteiger partial charge >= 0.3 is 7.82 Å². The van der Waals surface area contributed by atoms with Crippen LogP contribution in [0.5, 0.6) is 0 Å². The normalized spacial score (nSPS) is 22.1. The van der Waals surface area contributed by atoms with E-state index in [0.717, 1.165) is 12.0 Å². The molecule has 1 aliphatic heterocycles. The highest BCUT2D eigenvalue weighted by Gasteiger charge is 2.42. The first kappa shape index (κ1) is 17.5. The second-order valence-electron chi connectivity index (χ2n) is 4.69. The molecule has 1 fully saturated rings. The maximum absolute atomic E-state index is 12.0. The largest absolute Gasteiger partial charge is 0.466 e. The van der Waals surface area contributed by atoms with Gasteiger partial charge in [-0.15, -0.1) is 0 Å². The summed E-state index contributed by atoms with van der Waals surface area (Å²) in [6.45, 7) is 1.99. The first-order chi connectivity index (χ1) is 9.69. The van der Waals surface area contributed by atoms with Crippen LogP contribution in [0.4, 0.5) is 0 Å². The van der Waals surface area contributed by atoms with E-state index >= 15 is 0 Å². The summed E-state index contributed by atoms with van der Waals surface area (Å²) in [7, 11) is -4.64. The Hall–Kier alpha value is -1.53. The number of rotatable bonds is 2. The van der Waals surface area contributed by atoms with Crippen molar-refractivity contribution in [3.8, 4) is 0 Å². The summed E-state index contributed by atoms with van der Waals surface area (Å²) < 4.78 is 8.88. The Morgan fingerprint density at radius 1 is 1.19 bits per heavy atom. The van der Waals surface area contributed by atoms with Crippen molar-refractivity contribution in [2.45, 2.75) is 31.6 Å². The molecule has 0 saturated carbocycles. The topological polar surface area (TPSA) is 124 Å². The van der Waals surface area contributed by atoms with Gasteiger partial charge in [0.15, 0.2) is 0 Å². The maximum atomic E-state index is 12.0. The number of carbonyl (C=O) groups excluding carboxylic acids is 2. The zero-order valence-electron chi connectivity index (χ0n) is 11.5. The molecular formula is C13H18NO6P. The van der Waals surface area contributed by atoms with Crippen LogP contribution in [-0.4, -0.2) is 26.5 Å². The Morgan fingerprint density at radius 3 is 2.14 bits per heavy atom. The van der Waals surface area contributed by atoms with E-state index in [4.69, 9.17) is 19.2 Å².